The topological polar surface area (TPSA) is 29.5 Å². The minimum atomic E-state index is 0.478. The average Bonchev–Trinajstić information content (AvgIpc) is 2.35. The molecule has 0 aliphatic rings. The second kappa shape index (κ2) is 7.88. The fourth-order valence-electron chi connectivity index (χ4n) is 1.59. The van der Waals surface area contributed by atoms with Crippen molar-refractivity contribution in [3.8, 4) is 0 Å². The minimum Gasteiger partial charge on any atom is -0.467 e. The molecule has 0 aliphatic heterocycles. The van der Waals surface area contributed by atoms with Crippen LogP contribution in [0.25, 0.3) is 0 Å². The lowest BCUT2D eigenvalue weighted by Gasteiger charge is -2.19. The SMILES string of the molecule is CCN(CCOC=O)CCc1ccccc1. The van der Waals surface area contributed by atoms with Gasteiger partial charge in [0.25, 0.3) is 6.47 Å². The molecule has 0 fully saturated rings. The normalized spacial score (nSPS) is 10.4. The van der Waals surface area contributed by atoms with Gasteiger partial charge in [-0.3, -0.25) is 9.69 Å². The third-order valence-corrected chi connectivity index (χ3v) is 2.60. The fraction of sp³-hybridized carbons (Fsp3) is 0.462. The second-order valence-electron chi connectivity index (χ2n) is 3.64. The van der Waals surface area contributed by atoms with E-state index in [1.807, 2.05) is 6.07 Å². The van der Waals surface area contributed by atoms with Gasteiger partial charge in [-0.1, -0.05) is 37.3 Å². The van der Waals surface area contributed by atoms with Crippen molar-refractivity contribution in [2.45, 2.75) is 13.3 Å². The Morgan fingerprint density at radius 3 is 2.62 bits per heavy atom. The third kappa shape index (κ3) is 4.94. The van der Waals surface area contributed by atoms with Gasteiger partial charge in [-0.25, -0.2) is 0 Å². The van der Waals surface area contributed by atoms with Crippen LogP contribution in [-0.2, 0) is 16.0 Å². The smallest absolute Gasteiger partial charge is 0.293 e. The predicted molar refractivity (Wildman–Crippen MR) is 64.3 cm³/mol. The zero-order valence-electron chi connectivity index (χ0n) is 9.76. The van der Waals surface area contributed by atoms with Gasteiger partial charge in [-0.2, -0.15) is 0 Å². The maximum atomic E-state index is 10.0. The summed E-state index contributed by atoms with van der Waals surface area (Å²) in [7, 11) is 0. The number of hydrogen-bond acceptors (Lipinski definition) is 3. The quantitative estimate of drug-likeness (QED) is 0.494. The van der Waals surface area contributed by atoms with Crippen molar-refractivity contribution < 1.29 is 9.53 Å². The van der Waals surface area contributed by atoms with E-state index in [2.05, 4.69) is 36.1 Å². The van der Waals surface area contributed by atoms with Gasteiger partial charge in [0.1, 0.15) is 6.61 Å². The molecule has 88 valence electrons. The first-order valence-electron chi connectivity index (χ1n) is 5.68. The third-order valence-electron chi connectivity index (χ3n) is 2.60. The molecule has 0 unspecified atom stereocenters. The molecule has 0 bridgehead atoms. The van der Waals surface area contributed by atoms with Crippen molar-refractivity contribution in [1.29, 1.82) is 0 Å². The number of carbonyl (C=O) groups excluding carboxylic acids is 1. The fourth-order valence-corrected chi connectivity index (χ4v) is 1.59. The Balaban J connectivity index is 2.25. The van der Waals surface area contributed by atoms with Crippen LogP contribution in [0.4, 0.5) is 0 Å². The Morgan fingerprint density at radius 2 is 2.00 bits per heavy atom. The molecular formula is C13H19NO2. The molecule has 0 N–H and O–H groups in total. The van der Waals surface area contributed by atoms with Crippen LogP contribution in [0, 0.1) is 0 Å². The highest BCUT2D eigenvalue weighted by Crippen LogP contribution is 2.01. The van der Waals surface area contributed by atoms with Crippen LogP contribution < -0.4 is 0 Å². The Hall–Kier alpha value is -1.35. The lowest BCUT2D eigenvalue weighted by molar-refractivity contribution is -0.129. The van der Waals surface area contributed by atoms with E-state index in [1.165, 1.54) is 5.56 Å². The molecule has 0 aliphatic carbocycles. The van der Waals surface area contributed by atoms with E-state index < -0.39 is 0 Å². The van der Waals surface area contributed by atoms with Crippen LogP contribution in [0.3, 0.4) is 0 Å². The lowest BCUT2D eigenvalue weighted by atomic mass is 10.1. The molecule has 0 spiro atoms. The van der Waals surface area contributed by atoms with Gasteiger partial charge in [0.15, 0.2) is 0 Å². The van der Waals surface area contributed by atoms with Crippen molar-refractivity contribution in [3.05, 3.63) is 35.9 Å². The van der Waals surface area contributed by atoms with E-state index in [0.29, 0.717) is 13.1 Å². The minimum absolute atomic E-state index is 0.478. The molecule has 0 aromatic heterocycles. The largest absolute Gasteiger partial charge is 0.467 e. The Morgan fingerprint density at radius 1 is 1.25 bits per heavy atom. The van der Waals surface area contributed by atoms with Gasteiger partial charge in [0, 0.05) is 13.1 Å². The maximum Gasteiger partial charge on any atom is 0.293 e. The first kappa shape index (κ1) is 12.7. The van der Waals surface area contributed by atoms with Crippen molar-refractivity contribution in [2.24, 2.45) is 0 Å². The summed E-state index contributed by atoms with van der Waals surface area (Å²) in [6.07, 6.45) is 1.04. The highest BCUT2D eigenvalue weighted by Gasteiger charge is 2.02. The standard InChI is InChI=1S/C13H19NO2/c1-2-14(10-11-16-12-15)9-8-13-6-4-3-5-7-13/h3-7,12H,2,8-11H2,1H3. The van der Waals surface area contributed by atoms with Crippen LogP contribution >= 0.6 is 0 Å². The molecule has 0 saturated carbocycles. The number of ether oxygens (including phenoxy) is 1. The van der Waals surface area contributed by atoms with Crippen LogP contribution in [0.5, 0.6) is 0 Å². The Labute approximate surface area is 97.0 Å². The molecular weight excluding hydrogens is 202 g/mol. The number of rotatable bonds is 8. The number of benzene rings is 1. The zero-order chi connectivity index (χ0) is 11.6. The molecule has 16 heavy (non-hydrogen) atoms. The molecule has 3 nitrogen and oxygen atoms in total. The summed E-state index contributed by atoms with van der Waals surface area (Å²) in [5.41, 5.74) is 1.34. The van der Waals surface area contributed by atoms with Gasteiger partial charge >= 0.3 is 0 Å². The van der Waals surface area contributed by atoms with Crippen molar-refractivity contribution in [1.82, 2.24) is 4.90 Å². The highest BCUT2D eigenvalue weighted by atomic mass is 16.5. The van der Waals surface area contributed by atoms with Gasteiger partial charge in [-0.05, 0) is 18.5 Å². The monoisotopic (exact) mass is 221 g/mol. The second-order valence-corrected chi connectivity index (χ2v) is 3.64. The van der Waals surface area contributed by atoms with E-state index >= 15 is 0 Å². The number of likely N-dealkylation sites (N-methyl/N-ethyl adjacent to an activating group) is 1. The molecule has 1 aromatic rings. The summed E-state index contributed by atoms with van der Waals surface area (Å²) in [6.45, 7) is 5.89. The van der Waals surface area contributed by atoms with E-state index in [1.54, 1.807) is 0 Å². The average molecular weight is 221 g/mol. The summed E-state index contributed by atoms with van der Waals surface area (Å²) >= 11 is 0. The molecule has 0 saturated heterocycles. The van der Waals surface area contributed by atoms with E-state index in [9.17, 15) is 4.79 Å². The molecule has 1 rings (SSSR count). The zero-order valence-corrected chi connectivity index (χ0v) is 9.76. The molecule has 0 atom stereocenters. The summed E-state index contributed by atoms with van der Waals surface area (Å²) in [5, 5.41) is 0. The van der Waals surface area contributed by atoms with Gasteiger partial charge < -0.3 is 4.74 Å². The van der Waals surface area contributed by atoms with Crippen LogP contribution in [0.2, 0.25) is 0 Å². The summed E-state index contributed by atoms with van der Waals surface area (Å²) < 4.78 is 4.70. The number of hydrogen-bond donors (Lipinski definition) is 0. The molecule has 3 heteroatoms. The van der Waals surface area contributed by atoms with Crippen LogP contribution in [0.1, 0.15) is 12.5 Å². The maximum absolute atomic E-state index is 10.0. The van der Waals surface area contributed by atoms with Gasteiger partial charge in [-0.15, -0.1) is 0 Å². The Bertz CT molecular complexity index is 287. The van der Waals surface area contributed by atoms with Crippen molar-refractivity contribution >= 4 is 6.47 Å². The molecule has 1 aromatic carbocycles. The molecule has 0 amide bonds. The first-order valence-corrected chi connectivity index (χ1v) is 5.68. The van der Waals surface area contributed by atoms with Crippen LogP contribution in [0.15, 0.2) is 30.3 Å². The summed E-state index contributed by atoms with van der Waals surface area (Å²) in [6, 6.07) is 10.4. The molecule has 0 radical (unpaired) electrons. The number of nitrogens with zero attached hydrogens (tertiary/aromatic N) is 1. The summed E-state index contributed by atoms with van der Waals surface area (Å²) in [5.74, 6) is 0. The van der Waals surface area contributed by atoms with Crippen molar-refractivity contribution in [3.63, 3.8) is 0 Å². The van der Waals surface area contributed by atoms with Crippen molar-refractivity contribution in [2.75, 3.05) is 26.2 Å². The van der Waals surface area contributed by atoms with E-state index in [4.69, 9.17) is 4.74 Å². The lowest BCUT2D eigenvalue weighted by Crippen LogP contribution is -2.29. The van der Waals surface area contributed by atoms with Gasteiger partial charge in [0.2, 0.25) is 0 Å². The highest BCUT2D eigenvalue weighted by molar-refractivity contribution is 5.36. The van der Waals surface area contributed by atoms with E-state index in [-0.39, 0.29) is 0 Å². The predicted octanol–water partition coefficient (Wildman–Crippen LogP) is 1.72. The summed E-state index contributed by atoms with van der Waals surface area (Å²) in [4.78, 5) is 12.3. The van der Waals surface area contributed by atoms with Crippen LogP contribution in [-0.4, -0.2) is 37.6 Å². The molecule has 0 heterocycles. The number of carbonyl (C=O) groups is 1. The first-order chi connectivity index (χ1) is 7.86. The van der Waals surface area contributed by atoms with E-state index in [0.717, 1.165) is 26.1 Å². The van der Waals surface area contributed by atoms with Gasteiger partial charge in [0.05, 0.1) is 0 Å². The Kier molecular flexibility index (Phi) is 6.26.